The average Bonchev–Trinajstić information content (AvgIpc) is 2.88. The number of carbonyl (C=O) groups is 2. The molecule has 0 heterocycles. The van der Waals surface area contributed by atoms with E-state index in [-0.39, 0.29) is 17.5 Å². The molecule has 1 atom stereocenters. The van der Waals surface area contributed by atoms with Gasteiger partial charge in [-0.3, -0.25) is 19.7 Å². The number of hydrogen-bond donors (Lipinski definition) is 2. The van der Waals surface area contributed by atoms with Crippen LogP contribution >= 0.6 is 11.8 Å². The molecular formula is C29H25N3O4S. The topological polar surface area (TPSA) is 101 Å². The van der Waals surface area contributed by atoms with E-state index < -0.39 is 10.2 Å². The summed E-state index contributed by atoms with van der Waals surface area (Å²) >= 11 is 1.42. The van der Waals surface area contributed by atoms with Crippen LogP contribution in [0.1, 0.15) is 32.3 Å². The number of nitrogens with one attached hydrogen (secondary N) is 2. The number of anilines is 2. The van der Waals surface area contributed by atoms with Gasteiger partial charge in [0.1, 0.15) is 5.25 Å². The van der Waals surface area contributed by atoms with Crippen molar-refractivity contribution in [1.29, 1.82) is 0 Å². The Morgan fingerprint density at radius 2 is 1.41 bits per heavy atom. The molecule has 0 spiro atoms. The van der Waals surface area contributed by atoms with Gasteiger partial charge >= 0.3 is 0 Å². The molecule has 1 unspecified atom stereocenters. The molecule has 0 aliphatic rings. The van der Waals surface area contributed by atoms with E-state index in [1.807, 2.05) is 68.4 Å². The third kappa shape index (κ3) is 6.83. The van der Waals surface area contributed by atoms with Crippen molar-refractivity contribution in [2.45, 2.75) is 24.0 Å². The second kappa shape index (κ2) is 11.5. The Kier molecular flexibility index (Phi) is 8.00. The minimum atomic E-state index is -0.511. The van der Waals surface area contributed by atoms with Crippen molar-refractivity contribution >= 4 is 40.6 Å². The summed E-state index contributed by atoms with van der Waals surface area (Å²) in [6.45, 7) is 3.99. The maximum Gasteiger partial charge on any atom is 0.269 e. The summed E-state index contributed by atoms with van der Waals surface area (Å²) in [4.78, 5) is 37.0. The number of aryl methyl sites for hydroxylation is 2. The third-order valence-corrected chi connectivity index (χ3v) is 6.80. The van der Waals surface area contributed by atoms with Gasteiger partial charge in [0.25, 0.3) is 11.6 Å². The lowest BCUT2D eigenvalue weighted by molar-refractivity contribution is -0.384. The highest BCUT2D eigenvalue weighted by atomic mass is 32.2. The fourth-order valence-corrected chi connectivity index (χ4v) is 4.87. The molecule has 4 aromatic carbocycles. The molecule has 0 aliphatic carbocycles. The highest BCUT2D eigenvalue weighted by molar-refractivity contribution is 8.00. The van der Waals surface area contributed by atoms with Crippen LogP contribution in [0.4, 0.5) is 17.1 Å². The summed E-state index contributed by atoms with van der Waals surface area (Å²) < 4.78 is 0. The number of thioether (sulfide) groups is 1. The van der Waals surface area contributed by atoms with E-state index in [0.717, 1.165) is 27.3 Å². The van der Waals surface area contributed by atoms with Gasteiger partial charge < -0.3 is 10.6 Å². The van der Waals surface area contributed by atoms with Gasteiger partial charge in [-0.2, -0.15) is 0 Å². The molecule has 0 aliphatic heterocycles. The molecule has 0 radical (unpaired) electrons. The lowest BCUT2D eigenvalue weighted by atomic mass is 10.1. The largest absolute Gasteiger partial charge is 0.325 e. The Morgan fingerprint density at radius 1 is 0.784 bits per heavy atom. The second-order valence-corrected chi connectivity index (χ2v) is 9.74. The molecule has 4 rings (SSSR count). The first-order valence-corrected chi connectivity index (χ1v) is 12.4. The van der Waals surface area contributed by atoms with Crippen molar-refractivity contribution in [2.75, 3.05) is 10.6 Å². The van der Waals surface area contributed by atoms with E-state index in [1.165, 1.54) is 36.0 Å². The van der Waals surface area contributed by atoms with Crippen LogP contribution in [0, 0.1) is 24.0 Å². The van der Waals surface area contributed by atoms with Crippen LogP contribution in [0.3, 0.4) is 0 Å². The summed E-state index contributed by atoms with van der Waals surface area (Å²) in [7, 11) is 0. The molecule has 186 valence electrons. The zero-order chi connectivity index (χ0) is 26.4. The molecule has 2 N–H and O–H groups in total. The molecule has 0 saturated heterocycles. The minimum Gasteiger partial charge on any atom is -0.325 e. The van der Waals surface area contributed by atoms with Crippen LogP contribution in [0.15, 0.2) is 102 Å². The van der Waals surface area contributed by atoms with Crippen LogP contribution in [0.5, 0.6) is 0 Å². The molecule has 0 aromatic heterocycles. The van der Waals surface area contributed by atoms with E-state index in [0.29, 0.717) is 11.3 Å². The smallest absolute Gasteiger partial charge is 0.269 e. The number of rotatable bonds is 8. The first kappa shape index (κ1) is 25.7. The van der Waals surface area contributed by atoms with Crippen LogP contribution in [-0.4, -0.2) is 16.7 Å². The molecule has 8 heteroatoms. The zero-order valence-corrected chi connectivity index (χ0v) is 21.1. The number of hydrogen-bond acceptors (Lipinski definition) is 5. The maximum absolute atomic E-state index is 13.3. The van der Waals surface area contributed by atoms with E-state index in [4.69, 9.17) is 0 Å². The summed E-state index contributed by atoms with van der Waals surface area (Å²) in [5.74, 6) is -0.498. The highest BCUT2D eigenvalue weighted by Gasteiger charge is 2.22. The van der Waals surface area contributed by atoms with Crippen molar-refractivity contribution in [3.8, 4) is 0 Å². The van der Waals surface area contributed by atoms with Gasteiger partial charge in [-0.1, -0.05) is 36.4 Å². The zero-order valence-electron chi connectivity index (χ0n) is 20.3. The Bertz CT molecular complexity index is 1400. The van der Waals surface area contributed by atoms with Gasteiger partial charge in [0.05, 0.1) is 4.92 Å². The Balaban J connectivity index is 1.47. The van der Waals surface area contributed by atoms with Crippen LogP contribution < -0.4 is 10.6 Å². The van der Waals surface area contributed by atoms with Crippen LogP contribution in [0.2, 0.25) is 0 Å². The third-order valence-electron chi connectivity index (χ3n) is 5.54. The molecule has 0 fully saturated rings. The summed E-state index contributed by atoms with van der Waals surface area (Å²) in [5.41, 5.74) is 4.60. The van der Waals surface area contributed by atoms with E-state index in [9.17, 15) is 19.7 Å². The predicted molar refractivity (Wildman–Crippen MR) is 147 cm³/mol. The standard InChI is InChI=1S/C29H25N3O4S/c1-19-16-20(2)18-24(17-19)31-29(34)27(21-6-4-3-5-7-21)37-26-14-10-23(11-15-26)30-28(33)22-8-12-25(13-9-22)32(35)36/h3-18,27H,1-2H3,(H,30,33)(H,31,34). The minimum absolute atomic E-state index is 0.0764. The Hall–Kier alpha value is -4.43. The number of nitrogens with zero attached hydrogens (tertiary/aromatic N) is 1. The van der Waals surface area contributed by atoms with Gasteiger partial charge in [0.2, 0.25) is 5.91 Å². The second-order valence-electron chi connectivity index (χ2n) is 8.56. The van der Waals surface area contributed by atoms with Crippen molar-refractivity contribution in [3.05, 3.63) is 129 Å². The summed E-state index contributed by atoms with van der Waals surface area (Å²) in [5, 5.41) is 16.2. The predicted octanol–water partition coefficient (Wildman–Crippen LogP) is 6.94. The number of nitro groups is 1. The first-order chi connectivity index (χ1) is 17.8. The maximum atomic E-state index is 13.3. The molecule has 0 saturated carbocycles. The van der Waals surface area contributed by atoms with E-state index in [2.05, 4.69) is 16.7 Å². The molecule has 37 heavy (non-hydrogen) atoms. The molecule has 0 bridgehead atoms. The normalized spacial score (nSPS) is 11.4. The molecule has 2 amide bonds. The van der Waals surface area contributed by atoms with Crippen molar-refractivity contribution in [2.24, 2.45) is 0 Å². The highest BCUT2D eigenvalue weighted by Crippen LogP contribution is 2.37. The van der Waals surface area contributed by atoms with Crippen molar-refractivity contribution in [1.82, 2.24) is 0 Å². The number of nitro benzene ring substituents is 1. The van der Waals surface area contributed by atoms with Crippen molar-refractivity contribution < 1.29 is 14.5 Å². The average molecular weight is 512 g/mol. The van der Waals surface area contributed by atoms with Crippen molar-refractivity contribution in [3.63, 3.8) is 0 Å². The fourth-order valence-electron chi connectivity index (χ4n) is 3.85. The number of benzene rings is 4. The fraction of sp³-hybridized carbons (Fsp3) is 0.103. The SMILES string of the molecule is Cc1cc(C)cc(NC(=O)C(Sc2ccc(NC(=O)c3ccc([N+](=O)[O-])cc3)cc2)c2ccccc2)c1. The number of amides is 2. The lowest BCUT2D eigenvalue weighted by Gasteiger charge is -2.18. The van der Waals surface area contributed by atoms with Gasteiger partial charge in [0.15, 0.2) is 0 Å². The number of carbonyl (C=O) groups excluding carboxylic acids is 2. The van der Waals surface area contributed by atoms with Gasteiger partial charge in [-0.15, -0.1) is 11.8 Å². The van der Waals surface area contributed by atoms with Gasteiger partial charge in [-0.05, 0) is 79.1 Å². The molecule has 4 aromatic rings. The Morgan fingerprint density at radius 3 is 2.00 bits per heavy atom. The summed E-state index contributed by atoms with van der Waals surface area (Å²) in [6, 6.07) is 28.1. The van der Waals surface area contributed by atoms with E-state index >= 15 is 0 Å². The summed E-state index contributed by atoms with van der Waals surface area (Å²) in [6.07, 6.45) is 0. The first-order valence-electron chi connectivity index (χ1n) is 11.5. The van der Waals surface area contributed by atoms with Gasteiger partial charge in [-0.25, -0.2) is 0 Å². The van der Waals surface area contributed by atoms with Crippen LogP contribution in [0.25, 0.3) is 0 Å². The molecule has 7 nitrogen and oxygen atoms in total. The quantitative estimate of drug-likeness (QED) is 0.152. The monoisotopic (exact) mass is 511 g/mol. The molecular weight excluding hydrogens is 486 g/mol. The Labute approximate surface area is 219 Å². The lowest BCUT2D eigenvalue weighted by Crippen LogP contribution is -2.19. The van der Waals surface area contributed by atoms with Crippen LogP contribution in [-0.2, 0) is 4.79 Å². The van der Waals surface area contributed by atoms with E-state index in [1.54, 1.807) is 12.1 Å². The number of non-ortho nitro benzene ring substituents is 1. The van der Waals surface area contributed by atoms with Gasteiger partial charge in [0, 0.05) is 34.0 Å².